The first-order chi connectivity index (χ1) is 12.3. The molecule has 1 aliphatic rings. The summed E-state index contributed by atoms with van der Waals surface area (Å²) in [7, 11) is 0. The molecular formula is C18H21ClN4O2S. The predicted octanol–water partition coefficient (Wildman–Crippen LogP) is 3.69. The molecule has 26 heavy (non-hydrogen) atoms. The van der Waals surface area contributed by atoms with E-state index in [0.29, 0.717) is 22.6 Å². The minimum atomic E-state index is -0.417. The number of amides is 2. The van der Waals surface area contributed by atoms with E-state index < -0.39 is 5.92 Å². The zero-order valence-electron chi connectivity index (χ0n) is 15.0. The van der Waals surface area contributed by atoms with Gasteiger partial charge in [0, 0.05) is 30.1 Å². The maximum Gasteiger partial charge on any atom is 0.231 e. The summed E-state index contributed by atoms with van der Waals surface area (Å²) in [5, 5.41) is 12.9. The van der Waals surface area contributed by atoms with Crippen molar-refractivity contribution in [2.75, 3.05) is 16.8 Å². The first-order valence-corrected chi connectivity index (χ1v) is 9.72. The van der Waals surface area contributed by atoms with Crippen molar-refractivity contribution >= 4 is 45.6 Å². The SMILES string of the molecule is Cc1ccc(N2CC(C(=O)Nc3nnc(CC(C)C)s3)CC2=O)cc1Cl. The van der Waals surface area contributed by atoms with E-state index in [4.69, 9.17) is 11.6 Å². The molecule has 0 bridgehead atoms. The molecule has 6 nitrogen and oxygen atoms in total. The van der Waals surface area contributed by atoms with Crippen LogP contribution in [0.4, 0.5) is 10.8 Å². The number of hydrogen-bond donors (Lipinski definition) is 1. The molecule has 1 N–H and O–H groups in total. The summed E-state index contributed by atoms with van der Waals surface area (Å²) in [5.74, 6) is -0.219. The van der Waals surface area contributed by atoms with E-state index in [1.54, 1.807) is 11.0 Å². The van der Waals surface area contributed by atoms with Gasteiger partial charge in [-0.15, -0.1) is 10.2 Å². The molecule has 2 amide bonds. The fourth-order valence-electron chi connectivity index (χ4n) is 2.83. The molecule has 0 aliphatic carbocycles. The Labute approximate surface area is 161 Å². The Balaban J connectivity index is 1.65. The number of carbonyl (C=O) groups excluding carboxylic acids is 2. The second-order valence-corrected chi connectivity index (χ2v) is 8.40. The molecule has 1 saturated heterocycles. The number of rotatable bonds is 5. The highest BCUT2D eigenvalue weighted by atomic mass is 35.5. The van der Waals surface area contributed by atoms with Gasteiger partial charge in [-0.25, -0.2) is 0 Å². The standard InChI is InChI=1S/C18H21ClN4O2S/c1-10(2)6-15-21-22-18(26-15)20-17(25)12-7-16(24)23(9-12)13-5-4-11(3)14(19)8-13/h4-5,8,10,12H,6-7,9H2,1-3H3,(H,20,22,25). The number of halogens is 1. The maximum atomic E-state index is 12.5. The third-order valence-electron chi connectivity index (χ3n) is 4.24. The van der Waals surface area contributed by atoms with Gasteiger partial charge < -0.3 is 10.2 Å². The van der Waals surface area contributed by atoms with Crippen molar-refractivity contribution < 1.29 is 9.59 Å². The molecule has 2 heterocycles. The summed E-state index contributed by atoms with van der Waals surface area (Å²) in [6.07, 6.45) is 1.01. The van der Waals surface area contributed by atoms with E-state index >= 15 is 0 Å². The third kappa shape index (κ3) is 4.22. The van der Waals surface area contributed by atoms with E-state index in [-0.39, 0.29) is 18.2 Å². The number of benzene rings is 1. The largest absolute Gasteiger partial charge is 0.312 e. The Kier molecular flexibility index (Phi) is 5.58. The van der Waals surface area contributed by atoms with Crippen LogP contribution in [0.15, 0.2) is 18.2 Å². The van der Waals surface area contributed by atoms with E-state index in [9.17, 15) is 9.59 Å². The fraction of sp³-hybridized carbons (Fsp3) is 0.444. The van der Waals surface area contributed by atoms with Crippen LogP contribution in [0.3, 0.4) is 0 Å². The van der Waals surface area contributed by atoms with Gasteiger partial charge in [0.2, 0.25) is 16.9 Å². The summed E-state index contributed by atoms with van der Waals surface area (Å²) >= 11 is 7.53. The predicted molar refractivity (Wildman–Crippen MR) is 104 cm³/mol. The van der Waals surface area contributed by atoms with Gasteiger partial charge >= 0.3 is 0 Å². The number of anilines is 2. The van der Waals surface area contributed by atoms with Gasteiger partial charge in [0.15, 0.2) is 0 Å². The van der Waals surface area contributed by atoms with Crippen molar-refractivity contribution in [3.63, 3.8) is 0 Å². The summed E-state index contributed by atoms with van der Waals surface area (Å²) in [6, 6.07) is 5.48. The Bertz CT molecular complexity index is 836. The van der Waals surface area contributed by atoms with Crippen molar-refractivity contribution in [2.45, 2.75) is 33.6 Å². The highest BCUT2D eigenvalue weighted by Gasteiger charge is 2.35. The Morgan fingerprint density at radius 3 is 2.88 bits per heavy atom. The van der Waals surface area contributed by atoms with Gasteiger partial charge in [-0.3, -0.25) is 9.59 Å². The van der Waals surface area contributed by atoms with Crippen LogP contribution in [0.1, 0.15) is 30.8 Å². The molecule has 1 aliphatic heterocycles. The van der Waals surface area contributed by atoms with E-state index in [2.05, 4.69) is 29.4 Å². The lowest BCUT2D eigenvalue weighted by molar-refractivity contribution is -0.122. The second kappa shape index (κ2) is 7.72. The average Bonchev–Trinajstić information content (AvgIpc) is 3.16. The second-order valence-electron chi connectivity index (χ2n) is 6.93. The first kappa shape index (κ1) is 18.8. The molecule has 1 aromatic heterocycles. The van der Waals surface area contributed by atoms with Crippen molar-refractivity contribution in [3.05, 3.63) is 33.8 Å². The van der Waals surface area contributed by atoms with Crippen LogP contribution in [-0.4, -0.2) is 28.6 Å². The number of nitrogens with one attached hydrogen (secondary N) is 1. The number of aryl methyl sites for hydroxylation is 1. The van der Waals surface area contributed by atoms with Gasteiger partial charge in [-0.2, -0.15) is 0 Å². The number of aromatic nitrogens is 2. The van der Waals surface area contributed by atoms with Crippen LogP contribution in [0, 0.1) is 18.8 Å². The molecule has 2 aromatic rings. The quantitative estimate of drug-likeness (QED) is 0.841. The van der Waals surface area contributed by atoms with Crippen LogP contribution >= 0.6 is 22.9 Å². The Morgan fingerprint density at radius 1 is 1.42 bits per heavy atom. The summed E-state index contributed by atoms with van der Waals surface area (Å²) in [5.41, 5.74) is 1.67. The third-order valence-corrected chi connectivity index (χ3v) is 5.51. The van der Waals surface area contributed by atoms with Crippen molar-refractivity contribution in [1.82, 2.24) is 10.2 Å². The Hall–Kier alpha value is -1.99. The minimum absolute atomic E-state index is 0.0807. The van der Waals surface area contributed by atoms with Gasteiger partial charge in [0.1, 0.15) is 5.01 Å². The normalized spacial score (nSPS) is 17.2. The van der Waals surface area contributed by atoms with E-state index in [1.165, 1.54) is 11.3 Å². The number of hydrogen-bond acceptors (Lipinski definition) is 5. The molecule has 0 radical (unpaired) electrons. The lowest BCUT2D eigenvalue weighted by Crippen LogP contribution is -2.28. The zero-order chi connectivity index (χ0) is 18.8. The van der Waals surface area contributed by atoms with E-state index in [1.807, 2.05) is 19.1 Å². The topological polar surface area (TPSA) is 75.2 Å². The Morgan fingerprint density at radius 2 is 2.19 bits per heavy atom. The van der Waals surface area contributed by atoms with Crippen molar-refractivity contribution in [2.24, 2.45) is 11.8 Å². The van der Waals surface area contributed by atoms with Gasteiger partial charge in [0.25, 0.3) is 0 Å². The van der Waals surface area contributed by atoms with Crippen LogP contribution in [0.5, 0.6) is 0 Å². The van der Waals surface area contributed by atoms with E-state index in [0.717, 1.165) is 22.7 Å². The molecule has 1 aromatic carbocycles. The first-order valence-electron chi connectivity index (χ1n) is 8.53. The van der Waals surface area contributed by atoms with Gasteiger partial charge in [0.05, 0.1) is 5.92 Å². The highest BCUT2D eigenvalue weighted by molar-refractivity contribution is 7.15. The fourth-order valence-corrected chi connectivity index (χ4v) is 3.96. The minimum Gasteiger partial charge on any atom is -0.312 e. The molecule has 8 heteroatoms. The smallest absolute Gasteiger partial charge is 0.231 e. The lowest BCUT2D eigenvalue weighted by atomic mass is 10.1. The van der Waals surface area contributed by atoms with Crippen LogP contribution in [0.25, 0.3) is 0 Å². The highest BCUT2D eigenvalue weighted by Crippen LogP contribution is 2.29. The maximum absolute atomic E-state index is 12.5. The zero-order valence-corrected chi connectivity index (χ0v) is 16.5. The van der Waals surface area contributed by atoms with Crippen LogP contribution < -0.4 is 10.2 Å². The average molecular weight is 393 g/mol. The molecule has 3 rings (SSSR count). The lowest BCUT2D eigenvalue weighted by Gasteiger charge is -2.17. The van der Waals surface area contributed by atoms with Crippen molar-refractivity contribution in [3.8, 4) is 0 Å². The van der Waals surface area contributed by atoms with Crippen LogP contribution in [-0.2, 0) is 16.0 Å². The molecule has 0 spiro atoms. The molecule has 0 saturated carbocycles. The molecule has 1 atom stereocenters. The van der Waals surface area contributed by atoms with Gasteiger partial charge in [-0.1, -0.05) is 42.9 Å². The summed E-state index contributed by atoms with van der Waals surface area (Å²) in [4.78, 5) is 26.5. The van der Waals surface area contributed by atoms with Gasteiger partial charge in [-0.05, 0) is 30.5 Å². The molecule has 1 fully saturated rings. The molecular weight excluding hydrogens is 372 g/mol. The number of carbonyl (C=O) groups is 2. The molecule has 138 valence electrons. The number of nitrogens with zero attached hydrogens (tertiary/aromatic N) is 3. The summed E-state index contributed by atoms with van der Waals surface area (Å²) < 4.78 is 0. The monoisotopic (exact) mass is 392 g/mol. The summed E-state index contributed by atoms with van der Waals surface area (Å²) in [6.45, 7) is 6.46. The molecule has 1 unspecified atom stereocenters. The van der Waals surface area contributed by atoms with Crippen molar-refractivity contribution in [1.29, 1.82) is 0 Å². The van der Waals surface area contributed by atoms with Crippen LogP contribution in [0.2, 0.25) is 5.02 Å².